The molecule has 80 valence electrons. The van der Waals surface area contributed by atoms with Crippen LogP contribution in [-0.2, 0) is 16.0 Å². The Labute approximate surface area is 94.5 Å². The Bertz CT molecular complexity index is 344. The van der Waals surface area contributed by atoms with Crippen molar-refractivity contribution in [3.63, 3.8) is 0 Å². The maximum absolute atomic E-state index is 10.5. The first-order valence-electron chi connectivity index (χ1n) is 4.76. The van der Waals surface area contributed by atoms with E-state index in [4.69, 9.17) is 11.6 Å². The summed E-state index contributed by atoms with van der Waals surface area (Å²) in [5.41, 5.74) is 1.24. The zero-order valence-corrected chi connectivity index (χ0v) is 9.33. The maximum atomic E-state index is 10.5. The highest BCUT2D eigenvalue weighted by atomic mass is 35.5. The summed E-state index contributed by atoms with van der Waals surface area (Å²) < 4.78 is 4.68. The molecule has 0 unspecified atom stereocenters. The van der Waals surface area contributed by atoms with Crippen LogP contribution in [0.5, 0.6) is 0 Å². The van der Waals surface area contributed by atoms with Crippen LogP contribution in [0.25, 0.3) is 0 Å². The van der Waals surface area contributed by atoms with Gasteiger partial charge in [0.2, 0.25) is 0 Å². The largest absolute Gasteiger partial charge is 0.415 e. The van der Waals surface area contributed by atoms with Gasteiger partial charge in [0.1, 0.15) is 0 Å². The second kappa shape index (κ2) is 6.25. The van der Waals surface area contributed by atoms with Crippen LogP contribution in [0.15, 0.2) is 41.6 Å². The predicted molar refractivity (Wildman–Crippen MR) is 60.5 cm³/mol. The molecule has 0 aliphatic carbocycles. The van der Waals surface area contributed by atoms with Gasteiger partial charge in [0, 0.05) is 6.92 Å². The van der Waals surface area contributed by atoms with E-state index in [9.17, 15) is 4.79 Å². The van der Waals surface area contributed by atoms with E-state index in [1.165, 1.54) is 12.5 Å². The fourth-order valence-electron chi connectivity index (χ4n) is 1.18. The zero-order chi connectivity index (χ0) is 11.1. The standard InChI is InChI=1S/C12H13ClO2/c1-10(14)15-12(13)9-5-8-11-6-3-2-4-7-11/h2-4,6-7,9H,5,8H2,1H3/b12-9+. The van der Waals surface area contributed by atoms with Crippen molar-refractivity contribution in [3.8, 4) is 0 Å². The third-order valence-electron chi connectivity index (χ3n) is 1.82. The molecule has 1 rings (SSSR count). The van der Waals surface area contributed by atoms with Crippen LogP contribution in [0.3, 0.4) is 0 Å². The lowest BCUT2D eigenvalue weighted by atomic mass is 10.1. The summed E-state index contributed by atoms with van der Waals surface area (Å²) >= 11 is 5.66. The number of halogens is 1. The average Bonchev–Trinajstić information content (AvgIpc) is 2.18. The van der Waals surface area contributed by atoms with Gasteiger partial charge in [-0.1, -0.05) is 30.3 Å². The van der Waals surface area contributed by atoms with Crippen molar-refractivity contribution in [2.24, 2.45) is 0 Å². The summed E-state index contributed by atoms with van der Waals surface area (Å²) in [6.07, 6.45) is 3.35. The van der Waals surface area contributed by atoms with Crippen LogP contribution in [0, 0.1) is 0 Å². The lowest BCUT2D eigenvalue weighted by Gasteiger charge is -1.99. The number of aryl methyl sites for hydroxylation is 1. The Hall–Kier alpha value is -1.28. The Balaban J connectivity index is 2.35. The third-order valence-corrected chi connectivity index (χ3v) is 2.05. The van der Waals surface area contributed by atoms with E-state index >= 15 is 0 Å². The first-order chi connectivity index (χ1) is 7.18. The van der Waals surface area contributed by atoms with E-state index in [1.807, 2.05) is 30.3 Å². The molecule has 0 saturated carbocycles. The highest BCUT2D eigenvalue weighted by molar-refractivity contribution is 6.28. The molecular weight excluding hydrogens is 212 g/mol. The molecule has 0 aliphatic rings. The van der Waals surface area contributed by atoms with Crippen molar-refractivity contribution in [2.75, 3.05) is 0 Å². The van der Waals surface area contributed by atoms with Crippen molar-refractivity contribution >= 4 is 17.6 Å². The zero-order valence-electron chi connectivity index (χ0n) is 8.57. The number of hydrogen-bond donors (Lipinski definition) is 0. The molecule has 0 aromatic heterocycles. The van der Waals surface area contributed by atoms with Crippen LogP contribution in [0.4, 0.5) is 0 Å². The van der Waals surface area contributed by atoms with E-state index < -0.39 is 5.97 Å². The minimum atomic E-state index is -0.393. The summed E-state index contributed by atoms with van der Waals surface area (Å²) in [7, 11) is 0. The molecule has 1 aromatic carbocycles. The lowest BCUT2D eigenvalue weighted by molar-refractivity contribution is -0.135. The molecule has 0 heterocycles. The highest BCUT2D eigenvalue weighted by Crippen LogP contribution is 2.08. The molecule has 15 heavy (non-hydrogen) atoms. The molecule has 3 heteroatoms. The van der Waals surface area contributed by atoms with Crippen molar-refractivity contribution in [2.45, 2.75) is 19.8 Å². The van der Waals surface area contributed by atoms with Crippen molar-refractivity contribution in [1.29, 1.82) is 0 Å². The lowest BCUT2D eigenvalue weighted by Crippen LogP contribution is -1.94. The number of ether oxygens (including phenoxy) is 1. The monoisotopic (exact) mass is 224 g/mol. The second-order valence-corrected chi connectivity index (χ2v) is 3.50. The van der Waals surface area contributed by atoms with Gasteiger partial charge >= 0.3 is 5.97 Å². The van der Waals surface area contributed by atoms with E-state index in [-0.39, 0.29) is 5.22 Å². The van der Waals surface area contributed by atoms with E-state index in [2.05, 4.69) is 4.74 Å². The Morgan fingerprint density at radius 3 is 2.67 bits per heavy atom. The number of carbonyl (C=O) groups excluding carboxylic acids is 1. The molecule has 0 bridgehead atoms. The molecule has 0 spiro atoms. The van der Waals surface area contributed by atoms with Crippen molar-refractivity contribution in [1.82, 2.24) is 0 Å². The van der Waals surface area contributed by atoms with Gasteiger partial charge in [0.15, 0.2) is 5.22 Å². The Kier molecular flexibility index (Phi) is 4.91. The number of hydrogen-bond acceptors (Lipinski definition) is 2. The van der Waals surface area contributed by atoms with E-state index in [1.54, 1.807) is 6.08 Å². The summed E-state index contributed by atoms with van der Waals surface area (Å²) in [5.74, 6) is -0.393. The summed E-state index contributed by atoms with van der Waals surface area (Å²) in [4.78, 5) is 10.5. The predicted octanol–water partition coefficient (Wildman–Crippen LogP) is 3.26. The maximum Gasteiger partial charge on any atom is 0.308 e. The summed E-state index contributed by atoms with van der Waals surface area (Å²) in [6, 6.07) is 10.1. The van der Waals surface area contributed by atoms with Gasteiger partial charge in [-0.3, -0.25) is 4.79 Å². The first-order valence-corrected chi connectivity index (χ1v) is 5.14. The summed E-state index contributed by atoms with van der Waals surface area (Å²) in [6.45, 7) is 1.33. The van der Waals surface area contributed by atoms with Crippen LogP contribution >= 0.6 is 11.6 Å². The Morgan fingerprint density at radius 1 is 1.40 bits per heavy atom. The normalized spacial score (nSPS) is 11.2. The van der Waals surface area contributed by atoms with Gasteiger partial charge in [-0.2, -0.15) is 0 Å². The quantitative estimate of drug-likeness (QED) is 0.580. The summed E-state index contributed by atoms with van der Waals surface area (Å²) in [5, 5.41) is 0.151. The topological polar surface area (TPSA) is 26.3 Å². The van der Waals surface area contributed by atoms with E-state index in [0.717, 1.165) is 12.8 Å². The molecule has 0 N–H and O–H groups in total. The highest BCUT2D eigenvalue weighted by Gasteiger charge is 1.97. The SMILES string of the molecule is CC(=O)O/C(Cl)=C/CCc1ccccc1. The second-order valence-electron chi connectivity index (χ2n) is 3.13. The van der Waals surface area contributed by atoms with Gasteiger partial charge in [0.25, 0.3) is 0 Å². The molecule has 0 atom stereocenters. The van der Waals surface area contributed by atoms with Crippen LogP contribution in [0.1, 0.15) is 18.9 Å². The third kappa shape index (κ3) is 5.23. The minimum absolute atomic E-state index is 0.151. The van der Waals surface area contributed by atoms with Crippen LogP contribution in [-0.4, -0.2) is 5.97 Å². The number of carbonyl (C=O) groups is 1. The van der Waals surface area contributed by atoms with Gasteiger partial charge in [-0.25, -0.2) is 0 Å². The van der Waals surface area contributed by atoms with Crippen LogP contribution < -0.4 is 0 Å². The fourth-order valence-corrected chi connectivity index (χ4v) is 1.39. The first kappa shape index (κ1) is 11.8. The number of benzene rings is 1. The van der Waals surface area contributed by atoms with Crippen LogP contribution in [0.2, 0.25) is 0 Å². The molecule has 0 radical (unpaired) electrons. The Morgan fingerprint density at radius 2 is 2.07 bits per heavy atom. The van der Waals surface area contributed by atoms with E-state index in [0.29, 0.717) is 0 Å². The van der Waals surface area contributed by atoms with Gasteiger partial charge < -0.3 is 4.74 Å². The van der Waals surface area contributed by atoms with Crippen molar-refractivity contribution < 1.29 is 9.53 Å². The van der Waals surface area contributed by atoms with Crippen molar-refractivity contribution in [3.05, 3.63) is 47.2 Å². The number of esters is 1. The minimum Gasteiger partial charge on any atom is -0.415 e. The molecule has 0 saturated heterocycles. The molecule has 0 amide bonds. The number of rotatable bonds is 4. The molecule has 0 aliphatic heterocycles. The molecular formula is C12H13ClO2. The molecule has 1 aromatic rings. The number of allylic oxidation sites excluding steroid dienone is 1. The smallest absolute Gasteiger partial charge is 0.308 e. The van der Waals surface area contributed by atoms with Gasteiger partial charge in [0.05, 0.1) is 0 Å². The molecule has 2 nitrogen and oxygen atoms in total. The van der Waals surface area contributed by atoms with Gasteiger partial charge in [-0.15, -0.1) is 0 Å². The fraction of sp³-hybridized carbons (Fsp3) is 0.250. The van der Waals surface area contributed by atoms with Gasteiger partial charge in [-0.05, 0) is 36.1 Å². The average molecular weight is 225 g/mol. The molecule has 0 fully saturated rings.